The molecular weight excluding hydrogens is 346 g/mol. The highest BCUT2D eigenvalue weighted by Crippen LogP contribution is 2.39. The fourth-order valence-electron chi connectivity index (χ4n) is 4.47. The second-order valence-electron chi connectivity index (χ2n) is 7.70. The molecule has 1 fully saturated rings. The van der Waals surface area contributed by atoms with Crippen molar-refractivity contribution in [2.75, 3.05) is 25.5 Å². The SMILES string of the molecule is CN(CC(N)=O)C1CCC(CNc2ncnc3sc4c(c23)CCC4)CC1. The molecule has 0 bridgehead atoms. The summed E-state index contributed by atoms with van der Waals surface area (Å²) in [6, 6.07) is 0.477. The molecule has 0 unspecified atom stereocenters. The molecule has 2 aromatic rings. The number of nitrogens with two attached hydrogens (primary N) is 1. The average Bonchev–Trinajstić information content (AvgIpc) is 3.20. The first-order valence-corrected chi connectivity index (χ1v) is 10.4. The summed E-state index contributed by atoms with van der Waals surface area (Å²) < 4.78 is 0. The third-order valence-electron chi connectivity index (χ3n) is 5.90. The van der Waals surface area contributed by atoms with Crippen molar-refractivity contribution in [3.05, 3.63) is 16.8 Å². The molecule has 4 rings (SSSR count). The molecule has 0 atom stereocenters. The number of nitrogens with zero attached hydrogens (tertiary/aromatic N) is 3. The van der Waals surface area contributed by atoms with Gasteiger partial charge in [-0.05, 0) is 63.5 Å². The van der Waals surface area contributed by atoms with Gasteiger partial charge in [-0.2, -0.15) is 0 Å². The summed E-state index contributed by atoms with van der Waals surface area (Å²) in [5.74, 6) is 1.43. The van der Waals surface area contributed by atoms with Gasteiger partial charge < -0.3 is 11.1 Å². The molecule has 140 valence electrons. The Bertz CT molecular complexity index is 797. The summed E-state index contributed by atoms with van der Waals surface area (Å²) in [7, 11) is 2.00. The summed E-state index contributed by atoms with van der Waals surface area (Å²) in [6.45, 7) is 1.32. The molecule has 26 heavy (non-hydrogen) atoms. The molecule has 1 amide bonds. The van der Waals surface area contributed by atoms with Crippen LogP contribution in [0.2, 0.25) is 0 Å². The Hall–Kier alpha value is -1.73. The van der Waals surface area contributed by atoms with Crippen LogP contribution in [0.4, 0.5) is 5.82 Å². The zero-order valence-electron chi connectivity index (χ0n) is 15.3. The predicted molar refractivity (Wildman–Crippen MR) is 106 cm³/mol. The van der Waals surface area contributed by atoms with Gasteiger partial charge in [-0.15, -0.1) is 11.3 Å². The highest BCUT2D eigenvalue weighted by molar-refractivity contribution is 7.19. The van der Waals surface area contributed by atoms with E-state index in [0.717, 1.165) is 36.5 Å². The number of carbonyl (C=O) groups excluding carboxylic acids is 1. The van der Waals surface area contributed by atoms with Gasteiger partial charge in [0.05, 0.1) is 11.9 Å². The van der Waals surface area contributed by atoms with E-state index < -0.39 is 0 Å². The lowest BCUT2D eigenvalue weighted by Crippen LogP contribution is -2.41. The van der Waals surface area contributed by atoms with Crippen molar-refractivity contribution >= 4 is 33.3 Å². The number of amides is 1. The van der Waals surface area contributed by atoms with Gasteiger partial charge in [0.2, 0.25) is 5.91 Å². The fourth-order valence-corrected chi connectivity index (χ4v) is 5.70. The maximum atomic E-state index is 11.1. The van der Waals surface area contributed by atoms with Crippen LogP contribution in [-0.4, -0.2) is 47.0 Å². The highest BCUT2D eigenvalue weighted by Gasteiger charge is 2.25. The van der Waals surface area contributed by atoms with E-state index >= 15 is 0 Å². The second kappa shape index (κ2) is 7.48. The average molecular weight is 374 g/mol. The Morgan fingerprint density at radius 1 is 1.31 bits per heavy atom. The molecule has 3 N–H and O–H groups in total. The van der Waals surface area contributed by atoms with Crippen LogP contribution in [0.25, 0.3) is 10.2 Å². The number of carbonyl (C=O) groups is 1. The number of anilines is 1. The third-order valence-corrected chi connectivity index (χ3v) is 7.10. The molecule has 2 aliphatic carbocycles. The maximum absolute atomic E-state index is 11.1. The van der Waals surface area contributed by atoms with E-state index in [9.17, 15) is 4.79 Å². The molecule has 2 aliphatic rings. The van der Waals surface area contributed by atoms with Crippen molar-refractivity contribution in [2.45, 2.75) is 51.0 Å². The smallest absolute Gasteiger partial charge is 0.231 e. The Morgan fingerprint density at radius 3 is 2.88 bits per heavy atom. The number of hydrogen-bond donors (Lipinski definition) is 2. The van der Waals surface area contributed by atoms with E-state index in [1.54, 1.807) is 6.33 Å². The molecule has 0 spiro atoms. The lowest BCUT2D eigenvalue weighted by Gasteiger charge is -2.34. The largest absolute Gasteiger partial charge is 0.369 e. The van der Waals surface area contributed by atoms with E-state index in [1.165, 1.54) is 41.5 Å². The first-order valence-electron chi connectivity index (χ1n) is 9.59. The molecule has 0 radical (unpaired) electrons. The normalized spacial score (nSPS) is 22.7. The number of thiophene rings is 1. The Labute approximate surface area is 158 Å². The summed E-state index contributed by atoms with van der Waals surface area (Å²) in [5.41, 5.74) is 6.79. The number of hydrogen-bond acceptors (Lipinski definition) is 6. The number of aryl methyl sites for hydroxylation is 2. The lowest BCUT2D eigenvalue weighted by atomic mass is 9.85. The molecule has 1 saturated carbocycles. The summed E-state index contributed by atoms with van der Waals surface area (Å²) >= 11 is 1.84. The Balaban J connectivity index is 1.36. The van der Waals surface area contributed by atoms with Gasteiger partial charge in [0, 0.05) is 17.5 Å². The topological polar surface area (TPSA) is 84.1 Å². The number of likely N-dealkylation sites (N-methyl/N-ethyl adjacent to an activating group) is 1. The van der Waals surface area contributed by atoms with Crippen molar-refractivity contribution < 1.29 is 4.79 Å². The van der Waals surface area contributed by atoms with Crippen molar-refractivity contribution in [3.63, 3.8) is 0 Å². The van der Waals surface area contributed by atoms with Gasteiger partial charge in [-0.3, -0.25) is 9.69 Å². The Kier molecular flexibility index (Phi) is 5.09. The third kappa shape index (κ3) is 3.55. The van der Waals surface area contributed by atoms with E-state index in [-0.39, 0.29) is 5.91 Å². The van der Waals surface area contributed by atoms with Gasteiger partial charge >= 0.3 is 0 Å². The minimum Gasteiger partial charge on any atom is -0.369 e. The minimum atomic E-state index is -0.243. The summed E-state index contributed by atoms with van der Waals surface area (Å²) in [4.78, 5) is 24.9. The van der Waals surface area contributed by atoms with Crippen LogP contribution in [0, 0.1) is 5.92 Å². The number of aromatic nitrogens is 2. The number of nitrogens with one attached hydrogen (secondary N) is 1. The van der Waals surface area contributed by atoms with Crippen LogP contribution in [0.1, 0.15) is 42.5 Å². The zero-order chi connectivity index (χ0) is 18.1. The second-order valence-corrected chi connectivity index (χ2v) is 8.78. The fraction of sp³-hybridized carbons (Fsp3) is 0.632. The van der Waals surface area contributed by atoms with Crippen LogP contribution in [0.5, 0.6) is 0 Å². The molecule has 7 heteroatoms. The number of primary amides is 1. The standard InChI is InChI=1S/C19H27N5OS/c1-24(10-16(20)25)13-7-5-12(6-8-13)9-21-18-17-14-3-2-4-15(14)26-19(17)23-11-22-18/h11-13H,2-10H2,1H3,(H2,20,25)(H,21,22,23). The van der Waals surface area contributed by atoms with E-state index in [4.69, 9.17) is 5.73 Å². The van der Waals surface area contributed by atoms with Crippen molar-refractivity contribution in [2.24, 2.45) is 11.7 Å². The quantitative estimate of drug-likeness (QED) is 0.813. The van der Waals surface area contributed by atoms with Gasteiger partial charge in [-0.25, -0.2) is 9.97 Å². The molecular formula is C19H27N5OS. The zero-order valence-corrected chi connectivity index (χ0v) is 16.1. The van der Waals surface area contributed by atoms with Crippen molar-refractivity contribution in [1.29, 1.82) is 0 Å². The maximum Gasteiger partial charge on any atom is 0.231 e. The van der Waals surface area contributed by atoms with Crippen LogP contribution in [0.15, 0.2) is 6.33 Å². The molecule has 0 aromatic carbocycles. The predicted octanol–water partition coefficient (Wildman–Crippen LogP) is 2.57. The first kappa shape index (κ1) is 17.7. The molecule has 2 aromatic heterocycles. The van der Waals surface area contributed by atoms with Crippen LogP contribution >= 0.6 is 11.3 Å². The minimum absolute atomic E-state index is 0.243. The van der Waals surface area contributed by atoms with E-state index in [0.29, 0.717) is 18.5 Å². The van der Waals surface area contributed by atoms with Crippen LogP contribution in [0.3, 0.4) is 0 Å². The number of rotatable bonds is 6. The van der Waals surface area contributed by atoms with Gasteiger partial charge in [0.25, 0.3) is 0 Å². The molecule has 6 nitrogen and oxygen atoms in total. The monoisotopic (exact) mass is 373 g/mol. The van der Waals surface area contributed by atoms with Crippen LogP contribution in [-0.2, 0) is 17.6 Å². The summed E-state index contributed by atoms with van der Waals surface area (Å²) in [6.07, 6.45) is 9.91. The Morgan fingerprint density at radius 2 is 2.12 bits per heavy atom. The van der Waals surface area contributed by atoms with E-state index in [2.05, 4.69) is 20.2 Å². The van der Waals surface area contributed by atoms with Gasteiger partial charge in [-0.1, -0.05) is 0 Å². The molecule has 2 heterocycles. The molecule has 0 aliphatic heterocycles. The molecule has 0 saturated heterocycles. The van der Waals surface area contributed by atoms with E-state index in [1.807, 2.05) is 18.4 Å². The van der Waals surface area contributed by atoms with Gasteiger partial charge in [0.1, 0.15) is 17.0 Å². The van der Waals surface area contributed by atoms with Crippen LogP contribution < -0.4 is 11.1 Å². The summed E-state index contributed by atoms with van der Waals surface area (Å²) in [5, 5.41) is 4.88. The number of fused-ring (bicyclic) bond motifs is 3. The highest BCUT2D eigenvalue weighted by atomic mass is 32.1. The lowest BCUT2D eigenvalue weighted by molar-refractivity contribution is -0.119. The first-order chi connectivity index (χ1) is 12.6. The van der Waals surface area contributed by atoms with Crippen molar-refractivity contribution in [3.8, 4) is 0 Å². The van der Waals surface area contributed by atoms with Crippen molar-refractivity contribution in [1.82, 2.24) is 14.9 Å². The van der Waals surface area contributed by atoms with Gasteiger partial charge in [0.15, 0.2) is 0 Å².